The lowest BCUT2D eigenvalue weighted by Gasteiger charge is -2.35. The molecule has 1 aliphatic heterocycles. The highest BCUT2D eigenvalue weighted by atomic mass is 32.1. The molecule has 0 saturated carbocycles. The summed E-state index contributed by atoms with van der Waals surface area (Å²) in [4.78, 5) is 25.3. The minimum atomic E-state index is -0.442. The van der Waals surface area contributed by atoms with Crippen molar-refractivity contribution in [2.45, 2.75) is 59.1 Å². The Morgan fingerprint density at radius 3 is 2.53 bits per heavy atom. The van der Waals surface area contributed by atoms with E-state index in [1.807, 2.05) is 20.8 Å². The van der Waals surface area contributed by atoms with Gasteiger partial charge in [-0.15, -0.1) is 11.3 Å². The lowest BCUT2D eigenvalue weighted by atomic mass is 10.2. The second kappa shape index (κ2) is 11.5. The summed E-state index contributed by atoms with van der Waals surface area (Å²) in [6.07, 6.45) is 0.807. The average Bonchev–Trinajstić information content (AvgIpc) is 3.16. The van der Waals surface area contributed by atoms with E-state index in [1.165, 1.54) is 0 Å². The van der Waals surface area contributed by atoms with Crippen LogP contribution < -0.4 is 10.6 Å². The summed E-state index contributed by atoms with van der Waals surface area (Å²) in [5.41, 5.74) is 0.703. The Balaban J connectivity index is 1.60. The number of rotatable bonds is 7. The summed E-state index contributed by atoms with van der Waals surface area (Å²) in [6, 6.07) is 0. The van der Waals surface area contributed by atoms with Crippen LogP contribution in [0.3, 0.4) is 0 Å². The molecule has 0 atom stereocenters. The van der Waals surface area contributed by atoms with Crippen molar-refractivity contribution >= 4 is 23.4 Å². The van der Waals surface area contributed by atoms with Gasteiger partial charge in [0.15, 0.2) is 5.96 Å². The zero-order valence-corrected chi connectivity index (χ0v) is 20.1. The Labute approximate surface area is 185 Å². The quantitative estimate of drug-likeness (QED) is 0.387. The van der Waals surface area contributed by atoms with E-state index in [-0.39, 0.29) is 6.09 Å². The van der Waals surface area contributed by atoms with E-state index in [0.29, 0.717) is 12.5 Å². The number of hydrogen-bond donors (Lipinski definition) is 2. The monoisotopic (exact) mass is 438 g/mol. The van der Waals surface area contributed by atoms with Gasteiger partial charge in [0, 0.05) is 45.2 Å². The fourth-order valence-corrected chi connectivity index (χ4v) is 3.94. The largest absolute Gasteiger partial charge is 0.444 e. The van der Waals surface area contributed by atoms with Gasteiger partial charge in [0.1, 0.15) is 10.6 Å². The van der Waals surface area contributed by atoms with Crippen molar-refractivity contribution in [3.63, 3.8) is 0 Å². The number of amides is 1. The van der Waals surface area contributed by atoms with Crippen molar-refractivity contribution in [3.05, 3.63) is 16.1 Å². The molecule has 0 aromatic carbocycles. The van der Waals surface area contributed by atoms with Crippen LogP contribution in [0, 0.1) is 0 Å². The first-order valence-electron chi connectivity index (χ1n) is 10.8. The van der Waals surface area contributed by atoms with Crippen molar-refractivity contribution in [2.75, 3.05) is 46.3 Å². The molecule has 2 N–H and O–H groups in total. The standard InChI is InChI=1S/C21H38N6O2S/c1-16(2)17-15-30-18(25-17)14-24-19(22-6)23-8-7-9-26-10-12-27(13-11-26)20(28)29-21(3,4)5/h15-16H,7-14H2,1-6H3,(H2,22,23,24). The summed E-state index contributed by atoms with van der Waals surface area (Å²) in [5, 5.41) is 9.89. The number of carbonyl (C=O) groups is 1. The van der Waals surface area contributed by atoms with E-state index in [4.69, 9.17) is 4.74 Å². The molecule has 1 amide bonds. The van der Waals surface area contributed by atoms with Gasteiger partial charge >= 0.3 is 6.09 Å². The number of carbonyl (C=O) groups excluding carboxylic acids is 1. The van der Waals surface area contributed by atoms with Gasteiger partial charge in [0.05, 0.1) is 12.2 Å². The number of nitrogens with one attached hydrogen (secondary N) is 2. The molecule has 0 radical (unpaired) electrons. The summed E-state index contributed by atoms with van der Waals surface area (Å²) < 4.78 is 5.45. The molecule has 1 aromatic heterocycles. The van der Waals surface area contributed by atoms with Gasteiger partial charge in [-0.1, -0.05) is 13.8 Å². The van der Waals surface area contributed by atoms with Crippen LogP contribution in [0.4, 0.5) is 4.79 Å². The van der Waals surface area contributed by atoms with E-state index < -0.39 is 5.60 Å². The summed E-state index contributed by atoms with van der Waals surface area (Å²) >= 11 is 1.68. The molecular formula is C21H38N6O2S. The minimum absolute atomic E-state index is 0.209. The number of nitrogens with zero attached hydrogens (tertiary/aromatic N) is 4. The Kier molecular flexibility index (Phi) is 9.36. The molecule has 1 aromatic rings. The van der Waals surface area contributed by atoms with Crippen molar-refractivity contribution < 1.29 is 9.53 Å². The average molecular weight is 439 g/mol. The third-order valence-corrected chi connectivity index (χ3v) is 5.63. The molecule has 1 fully saturated rings. The second-order valence-corrected chi connectivity index (χ2v) is 9.78. The Bertz CT molecular complexity index is 690. The van der Waals surface area contributed by atoms with Gasteiger partial charge in [-0.05, 0) is 39.7 Å². The molecule has 170 valence electrons. The van der Waals surface area contributed by atoms with Crippen molar-refractivity contribution in [3.8, 4) is 0 Å². The fourth-order valence-electron chi connectivity index (χ4n) is 3.04. The highest BCUT2D eigenvalue weighted by Crippen LogP contribution is 2.17. The highest BCUT2D eigenvalue weighted by Gasteiger charge is 2.25. The number of piperazine rings is 1. The maximum absolute atomic E-state index is 12.1. The first-order valence-corrected chi connectivity index (χ1v) is 11.6. The smallest absolute Gasteiger partial charge is 0.410 e. The van der Waals surface area contributed by atoms with Crippen LogP contribution in [0.2, 0.25) is 0 Å². The van der Waals surface area contributed by atoms with Crippen molar-refractivity contribution in [2.24, 2.45) is 4.99 Å². The molecule has 30 heavy (non-hydrogen) atoms. The molecule has 1 aliphatic rings. The van der Waals surface area contributed by atoms with Crippen LogP contribution in [0.5, 0.6) is 0 Å². The first kappa shape index (κ1) is 24.4. The van der Waals surface area contributed by atoms with Crippen LogP contribution in [0.25, 0.3) is 0 Å². The number of aliphatic imine (C=N–C) groups is 1. The van der Waals surface area contributed by atoms with Gasteiger partial charge in [0.2, 0.25) is 0 Å². The summed E-state index contributed by atoms with van der Waals surface area (Å²) in [6.45, 7) is 15.7. The molecule has 1 saturated heterocycles. The number of hydrogen-bond acceptors (Lipinski definition) is 6. The van der Waals surface area contributed by atoms with Crippen molar-refractivity contribution in [1.82, 2.24) is 25.4 Å². The highest BCUT2D eigenvalue weighted by molar-refractivity contribution is 7.09. The van der Waals surface area contributed by atoms with E-state index in [1.54, 1.807) is 23.3 Å². The normalized spacial score (nSPS) is 16.1. The van der Waals surface area contributed by atoms with Gasteiger partial charge in [-0.3, -0.25) is 9.89 Å². The zero-order valence-electron chi connectivity index (χ0n) is 19.3. The van der Waals surface area contributed by atoms with E-state index in [0.717, 1.165) is 62.4 Å². The number of thiazole rings is 1. The SMILES string of the molecule is CN=C(NCCCN1CCN(C(=O)OC(C)(C)C)CC1)NCc1nc(C(C)C)cs1. The molecule has 0 spiro atoms. The maximum Gasteiger partial charge on any atom is 0.410 e. The third kappa shape index (κ3) is 8.47. The maximum atomic E-state index is 12.1. The van der Waals surface area contributed by atoms with Crippen LogP contribution in [0.15, 0.2) is 10.4 Å². The minimum Gasteiger partial charge on any atom is -0.444 e. The molecular weight excluding hydrogens is 400 g/mol. The van der Waals surface area contributed by atoms with Gasteiger partial charge in [-0.25, -0.2) is 9.78 Å². The van der Waals surface area contributed by atoms with Crippen LogP contribution in [-0.2, 0) is 11.3 Å². The predicted octanol–water partition coefficient (Wildman–Crippen LogP) is 2.87. The second-order valence-electron chi connectivity index (χ2n) is 8.84. The lowest BCUT2D eigenvalue weighted by Crippen LogP contribution is -2.50. The molecule has 0 aliphatic carbocycles. The molecule has 0 bridgehead atoms. The summed E-state index contributed by atoms with van der Waals surface area (Å²) in [5.74, 6) is 1.25. The third-order valence-electron chi connectivity index (χ3n) is 4.76. The molecule has 2 rings (SSSR count). The van der Waals surface area contributed by atoms with Crippen LogP contribution in [0.1, 0.15) is 57.7 Å². The Hall–Kier alpha value is -1.87. The summed E-state index contributed by atoms with van der Waals surface area (Å²) in [7, 11) is 1.78. The zero-order chi connectivity index (χ0) is 22.1. The first-order chi connectivity index (χ1) is 14.2. The van der Waals surface area contributed by atoms with Crippen LogP contribution in [-0.4, -0.2) is 78.8 Å². The number of aromatic nitrogens is 1. The Morgan fingerprint density at radius 2 is 1.97 bits per heavy atom. The topological polar surface area (TPSA) is 82.1 Å². The number of ether oxygens (including phenoxy) is 1. The molecule has 0 unspecified atom stereocenters. The van der Waals surface area contributed by atoms with Crippen LogP contribution >= 0.6 is 11.3 Å². The predicted molar refractivity (Wildman–Crippen MR) is 123 cm³/mol. The van der Waals surface area contributed by atoms with E-state index >= 15 is 0 Å². The fraction of sp³-hybridized carbons (Fsp3) is 0.762. The molecule has 8 nitrogen and oxygen atoms in total. The molecule has 2 heterocycles. The van der Waals surface area contributed by atoms with E-state index in [2.05, 4.69) is 44.7 Å². The van der Waals surface area contributed by atoms with E-state index in [9.17, 15) is 4.79 Å². The number of guanidine groups is 1. The van der Waals surface area contributed by atoms with Crippen molar-refractivity contribution in [1.29, 1.82) is 0 Å². The van der Waals surface area contributed by atoms with Gasteiger partial charge in [-0.2, -0.15) is 0 Å². The Morgan fingerprint density at radius 1 is 1.27 bits per heavy atom. The molecule has 9 heteroatoms. The van der Waals surface area contributed by atoms with Gasteiger partial charge in [0.25, 0.3) is 0 Å². The lowest BCUT2D eigenvalue weighted by molar-refractivity contribution is 0.0145. The van der Waals surface area contributed by atoms with Gasteiger partial charge < -0.3 is 20.3 Å².